The van der Waals surface area contributed by atoms with E-state index >= 15 is 0 Å². The lowest BCUT2D eigenvalue weighted by Crippen LogP contribution is -2.14. The molecule has 1 aromatic carbocycles. The molecular formula is C17H17N3O2S. The molecule has 0 fully saturated rings. The maximum atomic E-state index is 12.5. The van der Waals surface area contributed by atoms with E-state index in [1.165, 1.54) is 0 Å². The van der Waals surface area contributed by atoms with Crippen LogP contribution >= 0.6 is 11.8 Å². The molecule has 1 heterocycles. The van der Waals surface area contributed by atoms with Gasteiger partial charge in [0.05, 0.1) is 5.56 Å². The SMILES string of the molecule is CC(C)Sc1ncccc1C(=O)Nc1cccc(OCC#N)c1. The third kappa shape index (κ3) is 5.01. The largest absolute Gasteiger partial charge is 0.479 e. The molecule has 0 atom stereocenters. The molecule has 1 amide bonds. The van der Waals surface area contributed by atoms with Gasteiger partial charge in [-0.25, -0.2) is 4.98 Å². The van der Waals surface area contributed by atoms with Gasteiger partial charge in [0.15, 0.2) is 6.61 Å². The second-order valence-corrected chi connectivity index (χ2v) is 6.52. The average molecular weight is 327 g/mol. The van der Waals surface area contributed by atoms with Crippen LogP contribution in [0.2, 0.25) is 0 Å². The van der Waals surface area contributed by atoms with Gasteiger partial charge < -0.3 is 10.1 Å². The summed E-state index contributed by atoms with van der Waals surface area (Å²) in [6.45, 7) is 4.07. The van der Waals surface area contributed by atoms with Crippen molar-refractivity contribution >= 4 is 23.4 Å². The van der Waals surface area contributed by atoms with Crippen molar-refractivity contribution in [3.05, 3.63) is 48.2 Å². The maximum absolute atomic E-state index is 12.5. The summed E-state index contributed by atoms with van der Waals surface area (Å²) in [6.07, 6.45) is 1.68. The number of hydrogen-bond donors (Lipinski definition) is 1. The molecule has 0 aliphatic carbocycles. The first-order chi connectivity index (χ1) is 11.1. The van der Waals surface area contributed by atoms with Crippen LogP contribution in [-0.2, 0) is 0 Å². The number of anilines is 1. The number of carbonyl (C=O) groups excluding carboxylic acids is 1. The van der Waals surface area contributed by atoms with Crippen LogP contribution < -0.4 is 10.1 Å². The van der Waals surface area contributed by atoms with E-state index in [0.29, 0.717) is 27.3 Å². The van der Waals surface area contributed by atoms with Crippen LogP contribution in [0.15, 0.2) is 47.6 Å². The molecule has 2 aromatic rings. The monoisotopic (exact) mass is 327 g/mol. The number of hydrogen-bond acceptors (Lipinski definition) is 5. The van der Waals surface area contributed by atoms with Crippen LogP contribution in [0.3, 0.4) is 0 Å². The van der Waals surface area contributed by atoms with Crippen molar-refractivity contribution in [2.75, 3.05) is 11.9 Å². The summed E-state index contributed by atoms with van der Waals surface area (Å²) in [5.41, 5.74) is 1.14. The molecule has 1 N–H and O–H groups in total. The molecule has 1 aromatic heterocycles. The number of nitriles is 1. The van der Waals surface area contributed by atoms with Gasteiger partial charge in [-0.3, -0.25) is 4.79 Å². The van der Waals surface area contributed by atoms with Crippen molar-refractivity contribution in [2.24, 2.45) is 0 Å². The van der Waals surface area contributed by atoms with E-state index in [-0.39, 0.29) is 12.5 Å². The number of benzene rings is 1. The van der Waals surface area contributed by atoms with Crippen LogP contribution in [0.25, 0.3) is 0 Å². The Morgan fingerprint density at radius 2 is 2.22 bits per heavy atom. The van der Waals surface area contributed by atoms with Crippen molar-refractivity contribution in [1.29, 1.82) is 5.26 Å². The standard InChI is InChI=1S/C17H17N3O2S/c1-12(2)23-17-15(7-4-9-19-17)16(21)20-13-5-3-6-14(11-13)22-10-8-18/h3-7,9,11-12H,10H2,1-2H3,(H,20,21). The second kappa shape index (κ2) is 8.20. The average Bonchev–Trinajstić information content (AvgIpc) is 2.53. The fourth-order valence-corrected chi connectivity index (χ4v) is 2.71. The zero-order valence-corrected chi connectivity index (χ0v) is 13.8. The highest BCUT2D eigenvalue weighted by Crippen LogP contribution is 2.25. The van der Waals surface area contributed by atoms with E-state index in [1.54, 1.807) is 54.4 Å². The van der Waals surface area contributed by atoms with Gasteiger partial charge in [0.25, 0.3) is 5.91 Å². The smallest absolute Gasteiger partial charge is 0.258 e. The highest BCUT2D eigenvalue weighted by Gasteiger charge is 2.14. The molecule has 5 nitrogen and oxygen atoms in total. The molecule has 0 spiro atoms. The van der Waals surface area contributed by atoms with Crippen LogP contribution in [-0.4, -0.2) is 22.7 Å². The van der Waals surface area contributed by atoms with Crippen LogP contribution in [0, 0.1) is 11.3 Å². The predicted octanol–water partition coefficient (Wildman–Crippen LogP) is 3.74. The number of ether oxygens (including phenoxy) is 1. The Labute approximate surface area is 139 Å². The first kappa shape index (κ1) is 16.8. The van der Waals surface area contributed by atoms with Crippen LogP contribution in [0.1, 0.15) is 24.2 Å². The fraction of sp³-hybridized carbons (Fsp3) is 0.235. The lowest BCUT2D eigenvalue weighted by molar-refractivity contribution is 0.102. The first-order valence-corrected chi connectivity index (χ1v) is 8.01. The lowest BCUT2D eigenvalue weighted by Gasteiger charge is -2.11. The van der Waals surface area contributed by atoms with Crippen molar-refractivity contribution in [1.82, 2.24) is 4.98 Å². The van der Waals surface area contributed by atoms with E-state index < -0.39 is 0 Å². The molecule has 23 heavy (non-hydrogen) atoms. The van der Waals surface area contributed by atoms with Crippen molar-refractivity contribution in [3.8, 4) is 11.8 Å². The molecule has 0 aliphatic heterocycles. The third-order valence-corrected chi connectivity index (χ3v) is 3.78. The Bertz CT molecular complexity index is 726. The summed E-state index contributed by atoms with van der Waals surface area (Å²) in [6, 6.07) is 12.3. The molecule has 118 valence electrons. The Balaban J connectivity index is 2.15. The molecule has 0 unspecified atom stereocenters. The van der Waals surface area contributed by atoms with E-state index in [9.17, 15) is 4.79 Å². The first-order valence-electron chi connectivity index (χ1n) is 7.13. The van der Waals surface area contributed by atoms with Gasteiger partial charge >= 0.3 is 0 Å². The second-order valence-electron chi connectivity index (χ2n) is 4.95. The minimum atomic E-state index is -0.223. The number of carbonyl (C=O) groups is 1. The van der Waals surface area contributed by atoms with Gasteiger partial charge in [-0.2, -0.15) is 5.26 Å². The zero-order chi connectivity index (χ0) is 16.7. The number of amides is 1. The van der Waals surface area contributed by atoms with Gasteiger partial charge in [0.1, 0.15) is 16.8 Å². The maximum Gasteiger partial charge on any atom is 0.258 e. The van der Waals surface area contributed by atoms with Gasteiger partial charge in [-0.15, -0.1) is 11.8 Å². The Morgan fingerprint density at radius 3 is 2.96 bits per heavy atom. The van der Waals surface area contributed by atoms with E-state index in [2.05, 4.69) is 24.1 Å². The summed E-state index contributed by atoms with van der Waals surface area (Å²) >= 11 is 1.55. The zero-order valence-electron chi connectivity index (χ0n) is 12.9. The number of nitrogens with one attached hydrogen (secondary N) is 1. The van der Waals surface area contributed by atoms with Crippen molar-refractivity contribution in [2.45, 2.75) is 24.1 Å². The topological polar surface area (TPSA) is 75.0 Å². The van der Waals surface area contributed by atoms with E-state index in [1.807, 2.05) is 6.07 Å². The number of nitrogens with zero attached hydrogens (tertiary/aromatic N) is 2. The molecule has 0 saturated heterocycles. The molecular weight excluding hydrogens is 310 g/mol. The lowest BCUT2D eigenvalue weighted by atomic mass is 10.2. The third-order valence-electron chi connectivity index (χ3n) is 2.76. The fourth-order valence-electron chi connectivity index (χ4n) is 1.86. The molecule has 0 saturated carbocycles. The van der Waals surface area contributed by atoms with E-state index in [4.69, 9.17) is 10.00 Å². The van der Waals surface area contributed by atoms with Gasteiger partial charge in [-0.1, -0.05) is 19.9 Å². The summed E-state index contributed by atoms with van der Waals surface area (Å²) in [4.78, 5) is 16.8. The Morgan fingerprint density at radius 1 is 1.39 bits per heavy atom. The predicted molar refractivity (Wildman–Crippen MR) is 90.7 cm³/mol. The highest BCUT2D eigenvalue weighted by atomic mass is 32.2. The Hall–Kier alpha value is -2.52. The highest BCUT2D eigenvalue weighted by molar-refractivity contribution is 7.99. The van der Waals surface area contributed by atoms with Crippen LogP contribution in [0.5, 0.6) is 5.75 Å². The molecule has 6 heteroatoms. The molecule has 0 radical (unpaired) electrons. The van der Waals surface area contributed by atoms with Crippen molar-refractivity contribution in [3.63, 3.8) is 0 Å². The minimum absolute atomic E-state index is 0.0326. The quantitative estimate of drug-likeness (QED) is 0.818. The summed E-state index contributed by atoms with van der Waals surface area (Å²) in [5, 5.41) is 12.4. The van der Waals surface area contributed by atoms with Gasteiger partial charge in [0, 0.05) is 23.2 Å². The molecule has 2 rings (SSSR count). The molecule has 0 aliphatic rings. The summed E-state index contributed by atoms with van der Waals surface area (Å²) in [5.74, 6) is 0.311. The van der Waals surface area contributed by atoms with Crippen molar-refractivity contribution < 1.29 is 9.53 Å². The van der Waals surface area contributed by atoms with E-state index in [0.717, 1.165) is 0 Å². The van der Waals surface area contributed by atoms with Crippen LogP contribution in [0.4, 0.5) is 5.69 Å². The number of pyridine rings is 1. The minimum Gasteiger partial charge on any atom is -0.479 e. The van der Waals surface area contributed by atoms with Gasteiger partial charge in [0.2, 0.25) is 0 Å². The number of thioether (sulfide) groups is 1. The molecule has 0 bridgehead atoms. The summed E-state index contributed by atoms with van der Waals surface area (Å²) in [7, 11) is 0. The normalized spacial score (nSPS) is 10.2. The Kier molecular flexibility index (Phi) is 6.01. The number of aromatic nitrogens is 1. The number of rotatable bonds is 6. The van der Waals surface area contributed by atoms with Gasteiger partial charge in [-0.05, 0) is 24.3 Å². The summed E-state index contributed by atoms with van der Waals surface area (Å²) < 4.78 is 5.23.